The Morgan fingerprint density at radius 2 is 1.67 bits per heavy atom. The predicted octanol–water partition coefficient (Wildman–Crippen LogP) is 6.08. The summed E-state index contributed by atoms with van der Waals surface area (Å²) >= 11 is 0. The molecule has 1 N–H and O–H groups in total. The zero-order valence-corrected chi connectivity index (χ0v) is 18.5. The molecule has 0 aliphatic carbocycles. The van der Waals surface area contributed by atoms with E-state index in [4.69, 9.17) is 0 Å². The van der Waals surface area contributed by atoms with Gasteiger partial charge < -0.3 is 10.2 Å². The van der Waals surface area contributed by atoms with Crippen molar-refractivity contribution in [1.82, 2.24) is 5.32 Å². The van der Waals surface area contributed by atoms with Crippen LogP contribution in [0.15, 0.2) is 72.8 Å². The number of nitrogens with zero attached hydrogens (tertiary/aromatic N) is 1. The van der Waals surface area contributed by atoms with Gasteiger partial charge in [0.2, 0.25) is 5.91 Å². The van der Waals surface area contributed by atoms with Gasteiger partial charge in [0.05, 0.1) is 11.3 Å². The molecule has 3 aromatic rings. The van der Waals surface area contributed by atoms with E-state index in [1.54, 1.807) is 17.0 Å². The first-order valence-electron chi connectivity index (χ1n) is 10.7. The second-order valence-corrected chi connectivity index (χ2v) is 7.87. The van der Waals surface area contributed by atoms with E-state index >= 15 is 0 Å². The third-order valence-corrected chi connectivity index (χ3v) is 5.48. The van der Waals surface area contributed by atoms with Crippen LogP contribution in [0.5, 0.6) is 0 Å². The molecule has 1 amide bonds. The van der Waals surface area contributed by atoms with Crippen molar-refractivity contribution in [2.24, 2.45) is 0 Å². The molecule has 0 aromatic heterocycles. The van der Waals surface area contributed by atoms with Crippen molar-refractivity contribution >= 4 is 11.6 Å². The lowest BCUT2D eigenvalue weighted by molar-refractivity contribution is -0.137. The molecule has 1 atom stereocenters. The van der Waals surface area contributed by atoms with Crippen LogP contribution >= 0.6 is 0 Å². The number of benzene rings is 3. The quantitative estimate of drug-likeness (QED) is 0.415. The summed E-state index contributed by atoms with van der Waals surface area (Å²) in [6.45, 7) is 2.18. The zero-order chi connectivity index (χ0) is 24.0. The molecule has 0 aliphatic heterocycles. The molecule has 0 fully saturated rings. The number of alkyl halides is 3. The number of carbonyl (C=O) groups is 1. The summed E-state index contributed by atoms with van der Waals surface area (Å²) < 4.78 is 53.3. The van der Waals surface area contributed by atoms with Gasteiger partial charge in [-0.1, -0.05) is 48.5 Å². The van der Waals surface area contributed by atoms with Gasteiger partial charge in [-0.25, -0.2) is 4.39 Å². The van der Waals surface area contributed by atoms with Gasteiger partial charge in [0.15, 0.2) is 0 Å². The minimum absolute atomic E-state index is 0.281. The zero-order valence-electron chi connectivity index (χ0n) is 18.5. The lowest BCUT2D eigenvalue weighted by Gasteiger charge is -2.33. The maximum Gasteiger partial charge on any atom is 0.416 e. The Morgan fingerprint density at radius 1 is 1.00 bits per heavy atom. The van der Waals surface area contributed by atoms with Crippen molar-refractivity contribution in [2.75, 3.05) is 18.5 Å². The molecule has 3 rings (SSSR count). The Balaban J connectivity index is 1.89. The normalized spacial score (nSPS) is 12.3. The molecular weight excluding hydrogens is 432 g/mol. The fraction of sp³-hybridized carbons (Fsp3) is 0.269. The Morgan fingerprint density at radius 3 is 2.27 bits per heavy atom. The second-order valence-electron chi connectivity index (χ2n) is 7.87. The average molecular weight is 458 g/mol. The maximum absolute atomic E-state index is 14.9. The molecule has 1 unspecified atom stereocenters. The fourth-order valence-electron chi connectivity index (χ4n) is 3.79. The SMILES string of the molecule is CNC(=O)C(c1ccccc1)N(CCCc1ccc(C(F)(F)F)cc1)c1cc(C)ccc1F. The molecule has 33 heavy (non-hydrogen) atoms. The number of rotatable bonds is 8. The molecule has 0 saturated carbocycles. The summed E-state index contributed by atoms with van der Waals surface area (Å²) in [6, 6.07) is 18.1. The first kappa shape index (κ1) is 24.3. The van der Waals surface area contributed by atoms with Crippen LogP contribution in [0.25, 0.3) is 0 Å². The van der Waals surface area contributed by atoms with E-state index in [1.807, 2.05) is 37.3 Å². The first-order valence-corrected chi connectivity index (χ1v) is 10.7. The van der Waals surface area contributed by atoms with E-state index in [0.717, 1.165) is 23.3 Å². The molecule has 174 valence electrons. The molecule has 0 heterocycles. The van der Waals surface area contributed by atoms with Crippen LogP contribution < -0.4 is 10.2 Å². The van der Waals surface area contributed by atoms with Crippen molar-refractivity contribution in [3.05, 3.63) is 101 Å². The smallest absolute Gasteiger partial charge is 0.357 e. The number of likely N-dealkylation sites (N-methyl/N-ethyl adjacent to an activating group) is 1. The van der Waals surface area contributed by atoms with Crippen molar-refractivity contribution in [1.29, 1.82) is 0 Å². The summed E-state index contributed by atoms with van der Waals surface area (Å²) in [5.74, 6) is -0.725. The predicted molar refractivity (Wildman–Crippen MR) is 121 cm³/mol. The topological polar surface area (TPSA) is 32.3 Å². The number of amides is 1. The van der Waals surface area contributed by atoms with Crippen LogP contribution in [0, 0.1) is 12.7 Å². The van der Waals surface area contributed by atoms with Crippen LogP contribution in [0.1, 0.15) is 34.7 Å². The van der Waals surface area contributed by atoms with Gasteiger partial charge in [-0.2, -0.15) is 13.2 Å². The van der Waals surface area contributed by atoms with E-state index in [-0.39, 0.29) is 5.91 Å². The summed E-state index contributed by atoms with van der Waals surface area (Å²) in [5.41, 5.74) is 1.91. The Kier molecular flexibility index (Phi) is 7.74. The lowest BCUT2D eigenvalue weighted by Crippen LogP contribution is -2.40. The summed E-state index contributed by atoms with van der Waals surface area (Å²) in [6.07, 6.45) is -3.38. The standard InChI is InChI=1S/C26H26F4N2O/c1-18-10-15-22(27)23(17-18)32(24(25(33)31-2)20-8-4-3-5-9-20)16-6-7-19-11-13-21(14-12-19)26(28,29)30/h3-5,8-15,17,24H,6-7,16H2,1-2H3,(H,31,33). The Bertz CT molecular complexity index is 1070. The fourth-order valence-corrected chi connectivity index (χ4v) is 3.79. The van der Waals surface area contributed by atoms with Crippen LogP contribution in [-0.2, 0) is 17.4 Å². The third-order valence-electron chi connectivity index (χ3n) is 5.48. The lowest BCUT2D eigenvalue weighted by atomic mass is 10.0. The highest BCUT2D eigenvalue weighted by Gasteiger charge is 2.30. The van der Waals surface area contributed by atoms with Crippen molar-refractivity contribution < 1.29 is 22.4 Å². The molecule has 3 aromatic carbocycles. The van der Waals surface area contributed by atoms with Crippen LogP contribution in [0.2, 0.25) is 0 Å². The number of carbonyl (C=O) groups excluding carboxylic acids is 1. The van der Waals surface area contributed by atoms with Gasteiger partial charge >= 0.3 is 6.18 Å². The average Bonchev–Trinajstić information content (AvgIpc) is 2.80. The van der Waals surface area contributed by atoms with E-state index in [0.29, 0.717) is 30.6 Å². The number of halogens is 4. The highest BCUT2D eigenvalue weighted by atomic mass is 19.4. The summed E-state index contributed by atoms with van der Waals surface area (Å²) in [5, 5.41) is 2.67. The van der Waals surface area contributed by atoms with Gasteiger partial charge in [-0.05, 0) is 60.7 Å². The van der Waals surface area contributed by atoms with Crippen molar-refractivity contribution in [2.45, 2.75) is 32.0 Å². The highest BCUT2D eigenvalue weighted by molar-refractivity contribution is 5.86. The van der Waals surface area contributed by atoms with E-state index in [9.17, 15) is 22.4 Å². The molecule has 0 saturated heterocycles. The second kappa shape index (κ2) is 10.5. The number of nitrogens with one attached hydrogen (secondary N) is 1. The summed E-state index contributed by atoms with van der Waals surface area (Å²) in [4.78, 5) is 14.6. The van der Waals surface area contributed by atoms with E-state index in [1.165, 1.54) is 25.2 Å². The number of hydrogen-bond acceptors (Lipinski definition) is 2. The van der Waals surface area contributed by atoms with Gasteiger partial charge in [-0.15, -0.1) is 0 Å². The van der Waals surface area contributed by atoms with Crippen molar-refractivity contribution in [3.8, 4) is 0 Å². The maximum atomic E-state index is 14.9. The molecule has 0 radical (unpaired) electrons. The minimum Gasteiger partial charge on any atom is -0.357 e. The highest BCUT2D eigenvalue weighted by Crippen LogP contribution is 2.32. The molecule has 0 aliphatic rings. The first-order chi connectivity index (χ1) is 15.7. The number of hydrogen-bond donors (Lipinski definition) is 1. The van der Waals surface area contributed by atoms with E-state index in [2.05, 4.69) is 5.32 Å². The minimum atomic E-state index is -4.38. The molecule has 7 heteroatoms. The van der Waals surface area contributed by atoms with Crippen LogP contribution in [0.4, 0.5) is 23.2 Å². The number of anilines is 1. The van der Waals surface area contributed by atoms with Crippen LogP contribution in [-0.4, -0.2) is 19.5 Å². The monoisotopic (exact) mass is 458 g/mol. The van der Waals surface area contributed by atoms with E-state index < -0.39 is 23.6 Å². The van der Waals surface area contributed by atoms with Gasteiger partial charge in [-0.3, -0.25) is 4.79 Å². The molecular formula is C26H26F4N2O. The summed E-state index contributed by atoms with van der Waals surface area (Å²) in [7, 11) is 1.53. The largest absolute Gasteiger partial charge is 0.416 e. The van der Waals surface area contributed by atoms with Crippen molar-refractivity contribution in [3.63, 3.8) is 0 Å². The molecule has 0 bridgehead atoms. The molecule has 0 spiro atoms. The van der Waals surface area contributed by atoms with Gasteiger partial charge in [0.25, 0.3) is 0 Å². The number of aryl methyl sites for hydroxylation is 2. The Labute approximate surface area is 191 Å². The van der Waals surface area contributed by atoms with Gasteiger partial charge in [0.1, 0.15) is 11.9 Å². The van der Waals surface area contributed by atoms with Gasteiger partial charge in [0, 0.05) is 13.6 Å². The Hall–Kier alpha value is -3.35. The third kappa shape index (κ3) is 6.12. The molecule has 3 nitrogen and oxygen atoms in total. The van der Waals surface area contributed by atoms with Crippen LogP contribution in [0.3, 0.4) is 0 Å².